The first-order chi connectivity index (χ1) is 13.6. The summed E-state index contributed by atoms with van der Waals surface area (Å²) in [4.78, 5) is 20.6. The summed E-state index contributed by atoms with van der Waals surface area (Å²) >= 11 is 0. The lowest BCUT2D eigenvalue weighted by Gasteiger charge is -2.09. The van der Waals surface area contributed by atoms with Crippen LogP contribution in [0.15, 0.2) is 52.4 Å². The highest BCUT2D eigenvalue weighted by molar-refractivity contribution is 7.94. The van der Waals surface area contributed by atoms with Gasteiger partial charge in [-0.05, 0) is 37.0 Å². The Balaban J connectivity index is 1.74. The normalized spacial score (nSPS) is 15.7. The number of nitriles is 1. The number of aromatic nitrogens is 4. The van der Waals surface area contributed by atoms with Crippen LogP contribution in [0.3, 0.4) is 0 Å². The predicted molar refractivity (Wildman–Crippen MR) is 103 cm³/mol. The van der Waals surface area contributed by atoms with Gasteiger partial charge in [0, 0.05) is 35.1 Å². The molecule has 0 bridgehead atoms. The molecule has 2 aromatic heterocycles. The average Bonchev–Trinajstić information content (AvgIpc) is 3.40. The average molecular weight is 394 g/mol. The second-order valence-corrected chi connectivity index (χ2v) is 9.05. The van der Waals surface area contributed by atoms with Crippen molar-refractivity contribution in [3.8, 4) is 11.8 Å². The van der Waals surface area contributed by atoms with Crippen molar-refractivity contribution in [3.63, 3.8) is 0 Å². The van der Waals surface area contributed by atoms with Gasteiger partial charge in [0.05, 0.1) is 33.7 Å². The van der Waals surface area contributed by atoms with Crippen LogP contribution < -0.4 is 0 Å². The topological polar surface area (TPSA) is 114 Å². The Bertz CT molecular complexity index is 1180. The molecule has 1 saturated carbocycles. The molecule has 9 heteroatoms. The monoisotopic (exact) mass is 394 g/mol. The lowest BCUT2D eigenvalue weighted by atomic mass is 10.3. The van der Waals surface area contributed by atoms with Gasteiger partial charge in [0.15, 0.2) is 0 Å². The van der Waals surface area contributed by atoms with Crippen molar-refractivity contribution in [2.45, 2.75) is 30.6 Å². The molecule has 1 amide bonds. The third-order valence-corrected chi connectivity index (χ3v) is 6.93. The SMILES string of the molecule is N#CCCC(=O)N=S(=O)(CC1CC1)c1ccc2nn(-c3cncnc3)cc2c1. The van der Waals surface area contributed by atoms with E-state index in [0.717, 1.165) is 29.4 Å². The molecule has 1 atom stereocenters. The molecule has 3 aromatic rings. The highest BCUT2D eigenvalue weighted by atomic mass is 32.2. The molecule has 142 valence electrons. The van der Waals surface area contributed by atoms with Gasteiger partial charge < -0.3 is 0 Å². The zero-order chi connectivity index (χ0) is 19.6. The van der Waals surface area contributed by atoms with Crippen LogP contribution in [0.4, 0.5) is 0 Å². The van der Waals surface area contributed by atoms with Gasteiger partial charge in [-0.1, -0.05) is 0 Å². The highest BCUT2D eigenvalue weighted by Crippen LogP contribution is 2.34. The Labute approximate surface area is 162 Å². The molecule has 1 aliphatic rings. The fourth-order valence-corrected chi connectivity index (χ4v) is 5.26. The van der Waals surface area contributed by atoms with E-state index in [2.05, 4.69) is 19.4 Å². The molecule has 4 rings (SSSR count). The van der Waals surface area contributed by atoms with Crippen LogP contribution >= 0.6 is 0 Å². The Morgan fingerprint density at radius 2 is 2.11 bits per heavy atom. The number of hydrogen-bond acceptors (Lipinski definition) is 6. The van der Waals surface area contributed by atoms with E-state index in [1.807, 2.05) is 12.3 Å². The van der Waals surface area contributed by atoms with Gasteiger partial charge in [0.2, 0.25) is 0 Å². The lowest BCUT2D eigenvalue weighted by molar-refractivity contribution is -0.117. The number of rotatable bonds is 6. The maximum Gasteiger partial charge on any atom is 0.255 e. The fourth-order valence-electron chi connectivity index (χ4n) is 2.91. The highest BCUT2D eigenvalue weighted by Gasteiger charge is 2.29. The first-order valence-electron chi connectivity index (χ1n) is 8.97. The van der Waals surface area contributed by atoms with Gasteiger partial charge in [-0.25, -0.2) is 18.9 Å². The molecule has 0 radical (unpaired) electrons. The number of carbonyl (C=O) groups is 1. The molecular weight excluding hydrogens is 376 g/mol. The van der Waals surface area contributed by atoms with E-state index in [0.29, 0.717) is 16.6 Å². The minimum Gasteiger partial charge on any atom is -0.272 e. The minimum absolute atomic E-state index is 0.00760. The van der Waals surface area contributed by atoms with Gasteiger partial charge in [-0.15, -0.1) is 0 Å². The largest absolute Gasteiger partial charge is 0.272 e. The summed E-state index contributed by atoms with van der Waals surface area (Å²) in [7, 11) is -2.88. The van der Waals surface area contributed by atoms with Gasteiger partial charge >= 0.3 is 0 Å². The summed E-state index contributed by atoms with van der Waals surface area (Å²) in [6, 6.07) is 7.22. The van der Waals surface area contributed by atoms with Crippen LogP contribution in [-0.2, 0) is 14.5 Å². The number of amides is 1. The number of benzene rings is 1. The number of carbonyl (C=O) groups excluding carboxylic acids is 1. The number of nitrogens with zero attached hydrogens (tertiary/aromatic N) is 6. The molecular formula is C19H18N6O2S. The zero-order valence-corrected chi connectivity index (χ0v) is 15.9. The molecule has 0 spiro atoms. The van der Waals surface area contributed by atoms with Crippen LogP contribution in [0.25, 0.3) is 16.6 Å². The van der Waals surface area contributed by atoms with E-state index in [-0.39, 0.29) is 12.8 Å². The van der Waals surface area contributed by atoms with Crippen LogP contribution in [0.5, 0.6) is 0 Å². The van der Waals surface area contributed by atoms with Crippen LogP contribution in [0.2, 0.25) is 0 Å². The van der Waals surface area contributed by atoms with Crippen molar-refractivity contribution in [1.82, 2.24) is 19.7 Å². The first-order valence-corrected chi connectivity index (χ1v) is 10.7. The van der Waals surface area contributed by atoms with Crippen LogP contribution in [0.1, 0.15) is 25.7 Å². The van der Waals surface area contributed by atoms with E-state index >= 15 is 0 Å². The molecule has 0 N–H and O–H groups in total. The second kappa shape index (κ2) is 7.48. The third-order valence-electron chi connectivity index (χ3n) is 4.51. The van der Waals surface area contributed by atoms with Crippen molar-refractivity contribution in [2.75, 3.05) is 5.75 Å². The molecule has 28 heavy (non-hydrogen) atoms. The third kappa shape index (κ3) is 3.92. The summed E-state index contributed by atoms with van der Waals surface area (Å²) in [5.41, 5.74) is 1.45. The van der Waals surface area contributed by atoms with E-state index in [9.17, 15) is 9.00 Å². The molecule has 2 heterocycles. The summed E-state index contributed by atoms with van der Waals surface area (Å²) in [5, 5.41) is 14.0. The minimum atomic E-state index is -2.88. The van der Waals surface area contributed by atoms with Crippen molar-refractivity contribution >= 4 is 26.5 Å². The molecule has 0 aliphatic heterocycles. The van der Waals surface area contributed by atoms with Gasteiger partial charge in [0.25, 0.3) is 5.91 Å². The van der Waals surface area contributed by atoms with Crippen LogP contribution in [-0.4, -0.2) is 35.6 Å². The molecule has 1 aromatic carbocycles. The Kier molecular flexibility index (Phi) is 4.88. The van der Waals surface area contributed by atoms with E-state index in [1.54, 1.807) is 35.3 Å². The second-order valence-electron chi connectivity index (χ2n) is 6.78. The smallest absolute Gasteiger partial charge is 0.255 e. The summed E-state index contributed by atoms with van der Waals surface area (Å²) in [6.45, 7) is 0. The first kappa shape index (κ1) is 18.3. The van der Waals surface area contributed by atoms with E-state index in [1.165, 1.54) is 6.33 Å². The maximum atomic E-state index is 13.6. The van der Waals surface area contributed by atoms with Crippen LogP contribution in [0, 0.1) is 17.2 Å². The standard InChI is InChI=1S/C19H18N6O2S/c20-7-1-2-19(26)24-28(27,12-14-3-4-14)17-5-6-18-15(8-17)11-25(23-18)16-9-21-13-22-10-16/h5-6,8-11,13-14H,1-4,12H2. The van der Waals surface area contributed by atoms with Gasteiger partial charge in [0.1, 0.15) is 12.0 Å². The molecule has 0 saturated heterocycles. The predicted octanol–water partition coefficient (Wildman–Crippen LogP) is 2.88. The number of hydrogen-bond donors (Lipinski definition) is 0. The van der Waals surface area contributed by atoms with Crippen molar-refractivity contribution in [1.29, 1.82) is 5.26 Å². The van der Waals surface area contributed by atoms with Crippen molar-refractivity contribution < 1.29 is 9.00 Å². The van der Waals surface area contributed by atoms with Crippen molar-refractivity contribution in [2.24, 2.45) is 10.3 Å². The van der Waals surface area contributed by atoms with Gasteiger partial charge in [-0.3, -0.25) is 4.79 Å². The fraction of sp³-hybridized carbons (Fsp3) is 0.316. The van der Waals surface area contributed by atoms with Gasteiger partial charge in [-0.2, -0.15) is 14.7 Å². The van der Waals surface area contributed by atoms with E-state index in [4.69, 9.17) is 5.26 Å². The summed E-state index contributed by atoms with van der Waals surface area (Å²) in [5.74, 6) is 0.224. The summed E-state index contributed by atoms with van der Waals surface area (Å²) < 4.78 is 19.3. The molecule has 1 unspecified atom stereocenters. The lowest BCUT2D eigenvalue weighted by Crippen LogP contribution is -2.11. The molecule has 1 aliphatic carbocycles. The van der Waals surface area contributed by atoms with Crippen molar-refractivity contribution in [3.05, 3.63) is 43.1 Å². The number of fused-ring (bicyclic) bond motifs is 1. The Morgan fingerprint density at radius 3 is 2.82 bits per heavy atom. The Hall–Kier alpha value is -3.12. The zero-order valence-electron chi connectivity index (χ0n) is 15.1. The quantitative estimate of drug-likeness (QED) is 0.635. The van der Waals surface area contributed by atoms with E-state index < -0.39 is 15.6 Å². The molecule has 1 fully saturated rings. The Morgan fingerprint density at radius 1 is 1.32 bits per heavy atom. The maximum absolute atomic E-state index is 13.6. The molecule has 8 nitrogen and oxygen atoms in total. The summed E-state index contributed by atoms with van der Waals surface area (Å²) in [6.07, 6.45) is 8.64.